The lowest BCUT2D eigenvalue weighted by atomic mass is 10.0. The number of rotatable bonds is 1. The van der Waals surface area contributed by atoms with Gasteiger partial charge in [0.15, 0.2) is 5.66 Å². The van der Waals surface area contributed by atoms with E-state index in [4.69, 9.17) is 23.1 Å². The number of dihydropyridines is 1. The third-order valence-corrected chi connectivity index (χ3v) is 2.25. The van der Waals surface area contributed by atoms with E-state index in [1.165, 1.54) is 6.33 Å². The summed E-state index contributed by atoms with van der Waals surface area (Å²) in [7, 11) is 0. The van der Waals surface area contributed by atoms with Crippen molar-refractivity contribution in [2.75, 3.05) is 0 Å². The summed E-state index contributed by atoms with van der Waals surface area (Å²) in [6.45, 7) is 0. The summed E-state index contributed by atoms with van der Waals surface area (Å²) in [5.41, 5.74) is 11.3. The molecule has 0 radical (unpaired) electrons. The fourth-order valence-corrected chi connectivity index (χ4v) is 1.48. The van der Waals surface area contributed by atoms with Crippen LogP contribution in [0.5, 0.6) is 0 Å². The van der Waals surface area contributed by atoms with Crippen LogP contribution in [0.3, 0.4) is 0 Å². The molecule has 5 N–H and O–H groups in total. The van der Waals surface area contributed by atoms with Crippen molar-refractivity contribution in [1.82, 2.24) is 15.3 Å². The lowest BCUT2D eigenvalue weighted by Gasteiger charge is -2.29. The fraction of sp³-hybridized carbons (Fsp3) is 0.111. The Kier molecular flexibility index (Phi) is 2.34. The highest BCUT2D eigenvalue weighted by molar-refractivity contribution is 6.29. The van der Waals surface area contributed by atoms with Gasteiger partial charge in [-0.1, -0.05) is 17.7 Å². The lowest BCUT2D eigenvalue weighted by molar-refractivity contribution is 0.456. The number of nitrogens with two attached hydrogens (primary N) is 2. The predicted molar refractivity (Wildman–Crippen MR) is 57.5 cm³/mol. The van der Waals surface area contributed by atoms with Crippen LogP contribution in [0.1, 0.15) is 5.69 Å². The van der Waals surface area contributed by atoms with Gasteiger partial charge in [-0.15, -0.1) is 0 Å². The van der Waals surface area contributed by atoms with Crippen LogP contribution in [0.25, 0.3) is 0 Å². The Morgan fingerprint density at radius 2 is 2.20 bits per heavy atom. The van der Waals surface area contributed by atoms with Gasteiger partial charge in [0.1, 0.15) is 11.5 Å². The molecule has 2 rings (SSSR count). The van der Waals surface area contributed by atoms with Crippen LogP contribution in [0.4, 0.5) is 0 Å². The third kappa shape index (κ3) is 1.93. The summed E-state index contributed by atoms with van der Waals surface area (Å²) in [5, 5.41) is 3.26. The van der Waals surface area contributed by atoms with Crippen molar-refractivity contribution in [3.8, 4) is 0 Å². The van der Waals surface area contributed by atoms with E-state index in [1.807, 2.05) is 0 Å². The van der Waals surface area contributed by atoms with Gasteiger partial charge in [0.25, 0.3) is 0 Å². The second kappa shape index (κ2) is 3.52. The van der Waals surface area contributed by atoms with E-state index in [0.29, 0.717) is 16.7 Å². The molecule has 1 aliphatic heterocycles. The van der Waals surface area contributed by atoms with Crippen molar-refractivity contribution in [3.05, 3.63) is 47.3 Å². The molecular weight excluding hydrogens is 214 g/mol. The maximum absolute atomic E-state index is 6.07. The van der Waals surface area contributed by atoms with Crippen LogP contribution in [-0.2, 0) is 5.66 Å². The van der Waals surface area contributed by atoms with Gasteiger partial charge in [0.2, 0.25) is 0 Å². The molecule has 1 aliphatic rings. The number of allylic oxidation sites excluding steroid dienone is 2. The van der Waals surface area contributed by atoms with Crippen LogP contribution >= 0.6 is 11.6 Å². The zero-order valence-corrected chi connectivity index (χ0v) is 8.57. The molecule has 5 nitrogen and oxygen atoms in total. The molecule has 2 heterocycles. The lowest BCUT2D eigenvalue weighted by Crippen LogP contribution is -2.51. The Labute approximate surface area is 91.8 Å². The highest BCUT2D eigenvalue weighted by Gasteiger charge is 2.27. The van der Waals surface area contributed by atoms with Gasteiger partial charge in [0, 0.05) is 6.07 Å². The Morgan fingerprint density at radius 1 is 1.40 bits per heavy atom. The minimum Gasteiger partial charge on any atom is -0.385 e. The fourth-order valence-electron chi connectivity index (χ4n) is 1.33. The molecule has 0 saturated heterocycles. The summed E-state index contributed by atoms with van der Waals surface area (Å²) < 4.78 is 0. The second-order valence-corrected chi connectivity index (χ2v) is 3.59. The maximum Gasteiger partial charge on any atom is 0.150 e. The molecule has 1 unspecified atom stereocenters. The summed E-state index contributed by atoms with van der Waals surface area (Å²) in [4.78, 5) is 7.84. The Bertz CT molecular complexity index is 442. The number of hydrogen-bond acceptors (Lipinski definition) is 5. The molecule has 0 fully saturated rings. The molecule has 0 bridgehead atoms. The topological polar surface area (TPSA) is 89.9 Å². The molecule has 1 aromatic rings. The van der Waals surface area contributed by atoms with Crippen molar-refractivity contribution < 1.29 is 0 Å². The van der Waals surface area contributed by atoms with Gasteiger partial charge in [-0.3, -0.25) is 0 Å². The first-order valence-corrected chi connectivity index (χ1v) is 4.68. The summed E-state index contributed by atoms with van der Waals surface area (Å²) in [6.07, 6.45) is 6.59. The molecule has 0 aromatic carbocycles. The number of halogens is 1. The minimum absolute atomic E-state index is 0.341. The van der Waals surface area contributed by atoms with Crippen LogP contribution < -0.4 is 16.8 Å². The normalized spacial score (nSPS) is 24.5. The number of aromatic nitrogens is 2. The molecule has 0 saturated carbocycles. The van der Waals surface area contributed by atoms with E-state index in [0.717, 1.165) is 0 Å². The molecule has 78 valence electrons. The first kappa shape index (κ1) is 9.95. The molecule has 0 aliphatic carbocycles. The van der Waals surface area contributed by atoms with Crippen LogP contribution in [-0.4, -0.2) is 9.97 Å². The summed E-state index contributed by atoms with van der Waals surface area (Å²) in [6, 6.07) is 1.59. The molecule has 1 aromatic heterocycles. The monoisotopic (exact) mass is 223 g/mol. The average Bonchev–Trinajstić information content (AvgIpc) is 2.17. The zero-order chi connectivity index (χ0) is 10.9. The quantitative estimate of drug-likeness (QED) is 0.592. The third-order valence-electron chi connectivity index (χ3n) is 2.04. The predicted octanol–water partition coefficient (Wildman–Crippen LogP) is 0.201. The highest BCUT2D eigenvalue weighted by Crippen LogP contribution is 2.19. The van der Waals surface area contributed by atoms with Crippen LogP contribution in [0.15, 0.2) is 36.4 Å². The standard InChI is InChI=1S/C9H10ClN5/c10-7-4-6(13-5-14-7)9(12)3-1-2-8(11)15-9/h1-5,15H,11-12H2. The van der Waals surface area contributed by atoms with E-state index < -0.39 is 5.66 Å². The van der Waals surface area contributed by atoms with Gasteiger partial charge < -0.3 is 16.8 Å². The van der Waals surface area contributed by atoms with E-state index in [1.54, 1.807) is 24.3 Å². The Morgan fingerprint density at radius 3 is 2.87 bits per heavy atom. The SMILES string of the molecule is NC1=CC=CC(N)(c2cc(Cl)ncn2)N1. The zero-order valence-electron chi connectivity index (χ0n) is 7.81. The second-order valence-electron chi connectivity index (χ2n) is 3.20. The largest absolute Gasteiger partial charge is 0.385 e. The van der Waals surface area contributed by atoms with Gasteiger partial charge in [-0.05, 0) is 12.2 Å². The molecule has 1 atom stereocenters. The summed E-state index contributed by atoms with van der Waals surface area (Å²) in [5.74, 6) is 0.481. The smallest absolute Gasteiger partial charge is 0.150 e. The highest BCUT2D eigenvalue weighted by atomic mass is 35.5. The van der Waals surface area contributed by atoms with Crippen molar-refractivity contribution >= 4 is 11.6 Å². The van der Waals surface area contributed by atoms with E-state index in [-0.39, 0.29) is 0 Å². The molecule has 15 heavy (non-hydrogen) atoms. The minimum atomic E-state index is -0.925. The molecule has 6 heteroatoms. The van der Waals surface area contributed by atoms with Gasteiger partial charge in [0.05, 0.1) is 11.5 Å². The number of nitrogens with one attached hydrogen (secondary N) is 1. The van der Waals surface area contributed by atoms with E-state index in [2.05, 4.69) is 15.3 Å². The van der Waals surface area contributed by atoms with Crippen molar-refractivity contribution in [1.29, 1.82) is 0 Å². The first-order valence-electron chi connectivity index (χ1n) is 4.30. The van der Waals surface area contributed by atoms with Crippen LogP contribution in [0, 0.1) is 0 Å². The number of hydrogen-bond donors (Lipinski definition) is 3. The van der Waals surface area contributed by atoms with Crippen molar-refractivity contribution in [2.24, 2.45) is 11.5 Å². The average molecular weight is 224 g/mol. The molecule has 0 amide bonds. The van der Waals surface area contributed by atoms with Gasteiger partial charge in [-0.25, -0.2) is 9.97 Å². The summed E-state index contributed by atoms with van der Waals surface area (Å²) >= 11 is 5.76. The molecule has 0 spiro atoms. The van der Waals surface area contributed by atoms with Crippen molar-refractivity contribution in [2.45, 2.75) is 5.66 Å². The number of nitrogens with zero attached hydrogens (tertiary/aromatic N) is 2. The molecular formula is C9H10ClN5. The van der Waals surface area contributed by atoms with E-state index >= 15 is 0 Å². The van der Waals surface area contributed by atoms with Crippen molar-refractivity contribution in [3.63, 3.8) is 0 Å². The maximum atomic E-state index is 6.07. The van der Waals surface area contributed by atoms with Gasteiger partial charge in [-0.2, -0.15) is 0 Å². The van der Waals surface area contributed by atoms with Gasteiger partial charge >= 0.3 is 0 Å². The van der Waals surface area contributed by atoms with E-state index in [9.17, 15) is 0 Å². The first-order chi connectivity index (χ1) is 7.10. The Hall–Kier alpha value is -1.59. The van der Waals surface area contributed by atoms with Crippen LogP contribution in [0.2, 0.25) is 5.15 Å². The Balaban J connectivity index is 2.39.